The molecule has 8 heteroatoms. The molecule has 0 radical (unpaired) electrons. The number of nitrogens with zero attached hydrogens (tertiary/aromatic N) is 2. The van der Waals surface area contributed by atoms with E-state index in [1.54, 1.807) is 24.4 Å². The van der Waals surface area contributed by atoms with Crippen LogP contribution in [0.1, 0.15) is 0 Å². The van der Waals surface area contributed by atoms with E-state index in [9.17, 15) is 4.79 Å². The second-order valence-electron chi connectivity index (χ2n) is 5.19. The highest BCUT2D eigenvalue weighted by Crippen LogP contribution is 2.27. The first-order valence-corrected chi connectivity index (χ1v) is 7.35. The Morgan fingerprint density at radius 1 is 1.04 bits per heavy atom. The number of H-pyrrole nitrogens is 2. The van der Waals surface area contributed by atoms with Crippen LogP contribution < -0.4 is 9.47 Å². The normalized spacial score (nSPS) is 10.7. The van der Waals surface area contributed by atoms with Crippen molar-refractivity contribution in [1.82, 2.24) is 20.2 Å². The predicted molar refractivity (Wildman–Crippen MR) is 88.8 cm³/mol. The van der Waals surface area contributed by atoms with Crippen LogP contribution in [0.25, 0.3) is 22.3 Å². The summed E-state index contributed by atoms with van der Waals surface area (Å²) in [7, 11) is 0. The zero-order valence-electron chi connectivity index (χ0n) is 12.8. The van der Waals surface area contributed by atoms with Crippen LogP contribution in [0, 0.1) is 0 Å². The second-order valence-corrected chi connectivity index (χ2v) is 5.19. The third-order valence-electron chi connectivity index (χ3n) is 3.52. The SMILES string of the molecule is O=C(O)Oc1nc2ccc(Oc3ccc(-c4ccn[nH]4)cc3)cc2[nH]1. The smallest absolute Gasteiger partial charge is 0.457 e. The van der Waals surface area contributed by atoms with Gasteiger partial charge in [-0.1, -0.05) is 0 Å². The maximum Gasteiger partial charge on any atom is 0.513 e. The number of fused-ring (bicyclic) bond motifs is 1. The molecule has 0 unspecified atom stereocenters. The summed E-state index contributed by atoms with van der Waals surface area (Å²) in [5, 5.41) is 15.4. The largest absolute Gasteiger partial charge is 0.513 e. The molecule has 25 heavy (non-hydrogen) atoms. The van der Waals surface area contributed by atoms with Crippen LogP contribution in [0.2, 0.25) is 0 Å². The summed E-state index contributed by atoms with van der Waals surface area (Å²) in [5.41, 5.74) is 3.13. The summed E-state index contributed by atoms with van der Waals surface area (Å²) >= 11 is 0. The van der Waals surface area contributed by atoms with Crippen molar-refractivity contribution in [3.05, 3.63) is 54.7 Å². The molecule has 2 aromatic carbocycles. The van der Waals surface area contributed by atoms with Crippen molar-refractivity contribution in [3.63, 3.8) is 0 Å². The van der Waals surface area contributed by atoms with Gasteiger partial charge in [-0.2, -0.15) is 10.1 Å². The Morgan fingerprint density at radius 3 is 2.56 bits per heavy atom. The van der Waals surface area contributed by atoms with Gasteiger partial charge in [0, 0.05) is 12.3 Å². The van der Waals surface area contributed by atoms with E-state index in [1.165, 1.54) is 0 Å². The number of hydrogen-bond donors (Lipinski definition) is 3. The van der Waals surface area contributed by atoms with Gasteiger partial charge in [0.25, 0.3) is 0 Å². The van der Waals surface area contributed by atoms with Crippen molar-refractivity contribution in [2.75, 3.05) is 0 Å². The fourth-order valence-corrected chi connectivity index (χ4v) is 2.42. The van der Waals surface area contributed by atoms with E-state index in [2.05, 4.69) is 24.9 Å². The standard InChI is InChI=1S/C17H12N4O4/c22-17(23)25-16-19-14-6-5-12(9-15(14)20-16)24-11-3-1-10(2-4-11)13-7-8-18-21-13/h1-9H,(H,18,21)(H,19,20)(H,22,23). The lowest BCUT2D eigenvalue weighted by molar-refractivity contribution is 0.141. The van der Waals surface area contributed by atoms with E-state index >= 15 is 0 Å². The van der Waals surface area contributed by atoms with Gasteiger partial charge in [-0.25, -0.2) is 4.79 Å². The predicted octanol–water partition coefficient (Wildman–Crippen LogP) is 3.80. The van der Waals surface area contributed by atoms with Gasteiger partial charge in [-0.3, -0.25) is 5.10 Å². The van der Waals surface area contributed by atoms with Crippen LogP contribution in [0.4, 0.5) is 4.79 Å². The molecule has 0 saturated carbocycles. The minimum absolute atomic E-state index is 0.0800. The molecule has 2 aromatic heterocycles. The lowest BCUT2D eigenvalue weighted by atomic mass is 10.1. The van der Waals surface area contributed by atoms with Gasteiger partial charge in [0.1, 0.15) is 11.5 Å². The molecule has 4 rings (SSSR count). The van der Waals surface area contributed by atoms with Gasteiger partial charge in [0.2, 0.25) is 0 Å². The summed E-state index contributed by atoms with van der Waals surface area (Å²) < 4.78 is 10.3. The molecule has 2 heterocycles. The number of hydrogen-bond acceptors (Lipinski definition) is 5. The molecular weight excluding hydrogens is 324 g/mol. The van der Waals surface area contributed by atoms with E-state index in [-0.39, 0.29) is 6.01 Å². The van der Waals surface area contributed by atoms with Gasteiger partial charge >= 0.3 is 12.2 Å². The molecule has 0 aliphatic heterocycles. The van der Waals surface area contributed by atoms with Gasteiger partial charge in [-0.15, -0.1) is 0 Å². The lowest BCUT2D eigenvalue weighted by Crippen LogP contribution is -2.03. The van der Waals surface area contributed by atoms with Crippen molar-refractivity contribution in [3.8, 4) is 28.8 Å². The number of imidazole rings is 1. The molecule has 4 aromatic rings. The highest BCUT2D eigenvalue weighted by Gasteiger charge is 2.09. The Hall–Kier alpha value is -3.81. The second kappa shape index (κ2) is 6.00. The van der Waals surface area contributed by atoms with Crippen molar-refractivity contribution in [2.24, 2.45) is 0 Å². The Balaban J connectivity index is 1.54. The Bertz CT molecular complexity index is 1020. The van der Waals surface area contributed by atoms with Crippen LogP contribution in [0.5, 0.6) is 17.5 Å². The molecule has 0 fully saturated rings. The summed E-state index contributed by atoms with van der Waals surface area (Å²) in [4.78, 5) is 17.3. The molecule has 8 nitrogen and oxygen atoms in total. The molecule has 0 saturated heterocycles. The lowest BCUT2D eigenvalue weighted by Gasteiger charge is -2.06. The fourth-order valence-electron chi connectivity index (χ4n) is 2.42. The molecule has 0 spiro atoms. The molecule has 0 aliphatic carbocycles. The third-order valence-corrected chi connectivity index (χ3v) is 3.52. The van der Waals surface area contributed by atoms with Crippen LogP contribution in [-0.2, 0) is 0 Å². The number of rotatable bonds is 4. The molecule has 0 amide bonds. The summed E-state index contributed by atoms with van der Waals surface area (Å²) in [6.45, 7) is 0. The zero-order valence-corrected chi connectivity index (χ0v) is 12.8. The van der Waals surface area contributed by atoms with Gasteiger partial charge in [0.15, 0.2) is 0 Å². The highest BCUT2D eigenvalue weighted by atomic mass is 16.7. The first kappa shape index (κ1) is 14.8. The Labute approximate surface area is 141 Å². The number of carboxylic acid groups (broad SMARTS) is 1. The molecule has 3 N–H and O–H groups in total. The number of ether oxygens (including phenoxy) is 2. The minimum atomic E-state index is -1.42. The highest BCUT2D eigenvalue weighted by molar-refractivity contribution is 5.78. The van der Waals surface area contributed by atoms with E-state index in [4.69, 9.17) is 9.84 Å². The first-order chi connectivity index (χ1) is 12.2. The first-order valence-electron chi connectivity index (χ1n) is 7.35. The maximum absolute atomic E-state index is 10.6. The van der Waals surface area contributed by atoms with E-state index < -0.39 is 6.16 Å². The van der Waals surface area contributed by atoms with Gasteiger partial charge < -0.3 is 19.6 Å². The zero-order chi connectivity index (χ0) is 17.2. The quantitative estimate of drug-likeness (QED) is 0.488. The molecule has 0 atom stereocenters. The maximum atomic E-state index is 10.6. The van der Waals surface area contributed by atoms with Crippen LogP contribution >= 0.6 is 0 Å². The summed E-state index contributed by atoms with van der Waals surface area (Å²) in [5.74, 6) is 1.26. The fraction of sp³-hybridized carbons (Fsp3) is 0. The van der Waals surface area contributed by atoms with Crippen LogP contribution in [0.3, 0.4) is 0 Å². The van der Waals surface area contributed by atoms with E-state index in [0.29, 0.717) is 22.5 Å². The number of carbonyl (C=O) groups is 1. The van der Waals surface area contributed by atoms with Crippen LogP contribution in [-0.4, -0.2) is 31.4 Å². The average Bonchev–Trinajstić information content (AvgIpc) is 3.24. The van der Waals surface area contributed by atoms with Crippen molar-refractivity contribution >= 4 is 17.2 Å². The Kier molecular flexibility index (Phi) is 3.55. The average molecular weight is 336 g/mol. The molecule has 0 bridgehead atoms. The van der Waals surface area contributed by atoms with Gasteiger partial charge in [-0.05, 0) is 48.0 Å². The Morgan fingerprint density at radius 2 is 1.84 bits per heavy atom. The summed E-state index contributed by atoms with van der Waals surface area (Å²) in [6, 6.07) is 14.6. The number of benzene rings is 2. The van der Waals surface area contributed by atoms with Gasteiger partial charge in [0.05, 0.1) is 16.7 Å². The van der Waals surface area contributed by atoms with E-state index in [0.717, 1.165) is 11.3 Å². The van der Waals surface area contributed by atoms with Crippen molar-refractivity contribution in [1.29, 1.82) is 0 Å². The minimum Gasteiger partial charge on any atom is -0.457 e. The van der Waals surface area contributed by atoms with Crippen molar-refractivity contribution in [2.45, 2.75) is 0 Å². The van der Waals surface area contributed by atoms with Crippen molar-refractivity contribution < 1.29 is 19.4 Å². The molecule has 124 valence electrons. The number of nitrogens with one attached hydrogen (secondary N) is 2. The van der Waals surface area contributed by atoms with Crippen LogP contribution in [0.15, 0.2) is 54.7 Å². The summed E-state index contributed by atoms with van der Waals surface area (Å²) in [6.07, 6.45) is 0.273. The molecular formula is C17H12N4O4. The molecule has 0 aliphatic rings. The van der Waals surface area contributed by atoms with E-state index in [1.807, 2.05) is 30.3 Å². The topological polar surface area (TPSA) is 113 Å². The number of aromatic nitrogens is 4. The third kappa shape index (κ3) is 3.13. The monoisotopic (exact) mass is 336 g/mol. The number of aromatic amines is 2.